The van der Waals surface area contributed by atoms with Gasteiger partial charge >= 0.3 is 12.1 Å². The number of carbonyl (C=O) groups is 2. The van der Waals surface area contributed by atoms with Crippen LogP contribution >= 0.6 is 0 Å². The van der Waals surface area contributed by atoms with Crippen molar-refractivity contribution in [3.63, 3.8) is 0 Å². The lowest BCUT2D eigenvalue weighted by atomic mass is 9.93. The van der Waals surface area contributed by atoms with Gasteiger partial charge in [0.25, 0.3) is 0 Å². The number of nitrogens with zero attached hydrogens (tertiary/aromatic N) is 1. The summed E-state index contributed by atoms with van der Waals surface area (Å²) >= 11 is 0. The van der Waals surface area contributed by atoms with E-state index >= 15 is 0 Å². The second-order valence-electron chi connectivity index (χ2n) is 9.82. The fraction of sp³-hybridized carbons (Fsp3) is 0.212. The molecule has 0 radical (unpaired) electrons. The van der Waals surface area contributed by atoms with Crippen LogP contribution in [0.1, 0.15) is 51.9 Å². The smallest absolute Gasteiger partial charge is 0.416 e. The second-order valence-corrected chi connectivity index (χ2v) is 9.82. The predicted octanol–water partition coefficient (Wildman–Crippen LogP) is 7.67. The number of esters is 1. The molecule has 4 nitrogen and oxygen atoms in total. The molecule has 1 amide bonds. The summed E-state index contributed by atoms with van der Waals surface area (Å²) in [5.41, 5.74) is 3.50. The fourth-order valence-corrected chi connectivity index (χ4v) is 5.15. The van der Waals surface area contributed by atoms with Crippen molar-refractivity contribution in [3.8, 4) is 16.9 Å². The summed E-state index contributed by atoms with van der Waals surface area (Å²) in [6, 6.07) is 26.6. The number of ether oxygens (including phenoxy) is 1. The summed E-state index contributed by atoms with van der Waals surface area (Å²) in [4.78, 5) is 28.3. The van der Waals surface area contributed by atoms with E-state index in [2.05, 4.69) is 0 Å². The number of amides is 1. The number of hydrogen-bond donors (Lipinski definition) is 0. The SMILES string of the molecule is CCC(C(=O)N1CCc2cc(OC(=O)c3ccccc3-c3ccc(C(F)(F)F)cc3)ccc2C1)c1ccccc1. The molecule has 0 saturated carbocycles. The first-order chi connectivity index (χ1) is 19.2. The van der Waals surface area contributed by atoms with Crippen molar-refractivity contribution in [2.24, 2.45) is 0 Å². The third kappa shape index (κ3) is 5.78. The molecule has 0 aliphatic carbocycles. The van der Waals surface area contributed by atoms with Gasteiger partial charge in [-0.05, 0) is 71.0 Å². The Morgan fingerprint density at radius 2 is 1.57 bits per heavy atom. The Labute approximate surface area is 231 Å². The molecule has 0 bridgehead atoms. The van der Waals surface area contributed by atoms with Crippen molar-refractivity contribution < 1.29 is 27.5 Å². The highest BCUT2D eigenvalue weighted by Gasteiger charge is 2.30. The zero-order valence-electron chi connectivity index (χ0n) is 21.9. The van der Waals surface area contributed by atoms with Crippen molar-refractivity contribution in [3.05, 3.63) is 125 Å². The molecule has 0 fully saturated rings. The summed E-state index contributed by atoms with van der Waals surface area (Å²) in [5.74, 6) is -0.305. The molecule has 1 heterocycles. The average Bonchev–Trinajstić information content (AvgIpc) is 2.97. The maximum Gasteiger partial charge on any atom is 0.416 e. The first kappa shape index (κ1) is 27.2. The molecular formula is C33H28F3NO3. The van der Waals surface area contributed by atoms with Crippen LogP contribution in [0.15, 0.2) is 97.1 Å². The van der Waals surface area contributed by atoms with Gasteiger partial charge in [0.15, 0.2) is 0 Å². The molecule has 4 aromatic rings. The Morgan fingerprint density at radius 1 is 0.875 bits per heavy atom. The molecule has 5 rings (SSSR count). The minimum Gasteiger partial charge on any atom is -0.423 e. The van der Waals surface area contributed by atoms with Gasteiger partial charge in [-0.25, -0.2) is 4.79 Å². The van der Waals surface area contributed by atoms with E-state index in [1.807, 2.05) is 54.3 Å². The third-order valence-electron chi connectivity index (χ3n) is 7.29. The molecule has 7 heteroatoms. The van der Waals surface area contributed by atoms with Crippen LogP contribution in [0, 0.1) is 0 Å². The zero-order valence-corrected chi connectivity index (χ0v) is 21.9. The first-order valence-electron chi connectivity index (χ1n) is 13.2. The van der Waals surface area contributed by atoms with E-state index in [4.69, 9.17) is 4.74 Å². The van der Waals surface area contributed by atoms with Gasteiger partial charge in [0.1, 0.15) is 5.75 Å². The zero-order chi connectivity index (χ0) is 28.3. The molecule has 4 aromatic carbocycles. The number of carbonyl (C=O) groups excluding carboxylic acids is 2. The maximum atomic E-state index is 13.3. The van der Waals surface area contributed by atoms with Gasteiger partial charge in [0.2, 0.25) is 5.91 Å². The Balaban J connectivity index is 1.30. The van der Waals surface area contributed by atoms with Crippen LogP contribution in [0.4, 0.5) is 13.2 Å². The van der Waals surface area contributed by atoms with E-state index in [1.54, 1.807) is 30.3 Å². The van der Waals surface area contributed by atoms with Crippen LogP contribution in [0.3, 0.4) is 0 Å². The fourth-order valence-electron chi connectivity index (χ4n) is 5.15. The lowest BCUT2D eigenvalue weighted by Crippen LogP contribution is -2.39. The molecule has 1 aliphatic heterocycles. The maximum absolute atomic E-state index is 13.3. The molecule has 0 saturated heterocycles. The minimum atomic E-state index is -4.44. The van der Waals surface area contributed by atoms with E-state index in [0.29, 0.717) is 36.4 Å². The monoisotopic (exact) mass is 543 g/mol. The highest BCUT2D eigenvalue weighted by atomic mass is 19.4. The molecule has 0 spiro atoms. The minimum absolute atomic E-state index is 0.106. The highest BCUT2D eigenvalue weighted by molar-refractivity contribution is 5.98. The highest BCUT2D eigenvalue weighted by Crippen LogP contribution is 2.33. The first-order valence-corrected chi connectivity index (χ1v) is 13.2. The number of halogens is 3. The Bertz CT molecular complexity index is 1510. The van der Waals surface area contributed by atoms with Gasteiger partial charge in [0.05, 0.1) is 17.0 Å². The topological polar surface area (TPSA) is 46.6 Å². The summed E-state index contributed by atoms with van der Waals surface area (Å²) < 4.78 is 44.6. The largest absolute Gasteiger partial charge is 0.423 e. The van der Waals surface area contributed by atoms with E-state index < -0.39 is 17.7 Å². The van der Waals surface area contributed by atoms with E-state index in [-0.39, 0.29) is 17.4 Å². The molecule has 0 aromatic heterocycles. The van der Waals surface area contributed by atoms with Crippen molar-refractivity contribution in [2.75, 3.05) is 6.54 Å². The Morgan fingerprint density at radius 3 is 2.27 bits per heavy atom. The quantitative estimate of drug-likeness (QED) is 0.185. The number of fused-ring (bicyclic) bond motifs is 1. The van der Waals surface area contributed by atoms with Gasteiger partial charge in [-0.2, -0.15) is 13.2 Å². The van der Waals surface area contributed by atoms with Crippen molar-refractivity contribution >= 4 is 11.9 Å². The molecule has 0 N–H and O–H groups in total. The number of alkyl halides is 3. The van der Waals surface area contributed by atoms with Crippen molar-refractivity contribution in [1.82, 2.24) is 4.90 Å². The Hall–Kier alpha value is -4.39. The summed E-state index contributed by atoms with van der Waals surface area (Å²) in [6.45, 7) is 3.08. The second kappa shape index (κ2) is 11.4. The number of hydrogen-bond acceptors (Lipinski definition) is 3. The van der Waals surface area contributed by atoms with E-state index in [0.717, 1.165) is 35.2 Å². The summed E-state index contributed by atoms with van der Waals surface area (Å²) in [5, 5.41) is 0. The average molecular weight is 544 g/mol. The van der Waals surface area contributed by atoms with Gasteiger partial charge in [0, 0.05) is 13.1 Å². The third-order valence-corrected chi connectivity index (χ3v) is 7.29. The molecule has 1 unspecified atom stereocenters. The number of rotatable bonds is 6. The van der Waals surface area contributed by atoms with E-state index in [9.17, 15) is 22.8 Å². The lowest BCUT2D eigenvalue weighted by molar-refractivity contribution is -0.137. The molecular weight excluding hydrogens is 515 g/mol. The van der Waals surface area contributed by atoms with Crippen molar-refractivity contribution in [1.29, 1.82) is 0 Å². The van der Waals surface area contributed by atoms with Gasteiger partial charge in [-0.15, -0.1) is 0 Å². The van der Waals surface area contributed by atoms with E-state index in [1.165, 1.54) is 12.1 Å². The summed E-state index contributed by atoms with van der Waals surface area (Å²) in [6.07, 6.45) is -3.08. The lowest BCUT2D eigenvalue weighted by Gasteiger charge is -2.32. The van der Waals surface area contributed by atoms with Crippen LogP contribution in [-0.2, 0) is 23.9 Å². The predicted molar refractivity (Wildman–Crippen MR) is 147 cm³/mol. The van der Waals surface area contributed by atoms with Crippen LogP contribution in [0.5, 0.6) is 5.75 Å². The molecule has 204 valence electrons. The summed E-state index contributed by atoms with van der Waals surface area (Å²) in [7, 11) is 0. The molecule has 1 atom stereocenters. The van der Waals surface area contributed by atoms with Crippen LogP contribution in [0.2, 0.25) is 0 Å². The van der Waals surface area contributed by atoms with Gasteiger partial charge < -0.3 is 9.64 Å². The van der Waals surface area contributed by atoms with Gasteiger partial charge in [-0.3, -0.25) is 4.79 Å². The molecule has 40 heavy (non-hydrogen) atoms. The van der Waals surface area contributed by atoms with Crippen LogP contribution in [-0.4, -0.2) is 23.3 Å². The van der Waals surface area contributed by atoms with Gasteiger partial charge in [-0.1, -0.05) is 73.7 Å². The number of benzene rings is 4. The van der Waals surface area contributed by atoms with Crippen LogP contribution in [0.25, 0.3) is 11.1 Å². The van der Waals surface area contributed by atoms with Crippen LogP contribution < -0.4 is 4.74 Å². The Kier molecular flexibility index (Phi) is 7.74. The molecule has 1 aliphatic rings. The standard InChI is InChI=1S/C33H28F3NO3/c1-2-28(22-8-4-3-5-9-22)31(38)37-19-18-24-20-27(17-14-25(24)21-37)40-32(39)30-11-7-6-10-29(30)23-12-15-26(16-13-23)33(34,35)36/h3-17,20,28H,2,18-19,21H2,1H3. The van der Waals surface area contributed by atoms with Crippen molar-refractivity contribution in [2.45, 2.75) is 38.4 Å². The normalized spacial score (nSPS) is 13.8.